The Bertz CT molecular complexity index is 289. The second-order valence-electron chi connectivity index (χ2n) is 5.96. The summed E-state index contributed by atoms with van der Waals surface area (Å²) >= 11 is 0. The van der Waals surface area contributed by atoms with Gasteiger partial charge in [-0.1, -0.05) is 72.1 Å². The van der Waals surface area contributed by atoms with Gasteiger partial charge in [0, 0.05) is 0 Å². The molecule has 0 aliphatic carbocycles. The maximum absolute atomic E-state index is 11.4. The van der Waals surface area contributed by atoms with Gasteiger partial charge in [0.2, 0.25) is 0 Å². The second kappa shape index (κ2) is 12.5. The van der Waals surface area contributed by atoms with Crippen molar-refractivity contribution < 1.29 is 19.8 Å². The van der Waals surface area contributed by atoms with Crippen molar-refractivity contribution in [3.8, 4) is 0 Å². The molecule has 0 bridgehead atoms. The van der Waals surface area contributed by atoms with Gasteiger partial charge in [-0.15, -0.1) is 0 Å². The number of rotatable bonds is 12. The Hall–Kier alpha value is -0.0600. The number of carboxylic acid groups (broad SMARTS) is 2. The summed E-state index contributed by atoms with van der Waals surface area (Å²) < 4.78 is 0. The first-order chi connectivity index (χ1) is 9.39. The van der Waals surface area contributed by atoms with Crippen molar-refractivity contribution in [3.63, 3.8) is 0 Å². The first-order valence-electron chi connectivity index (χ1n) is 7.86. The van der Waals surface area contributed by atoms with E-state index in [4.69, 9.17) is 0 Å². The summed E-state index contributed by atoms with van der Waals surface area (Å²) in [5.74, 6) is -2.81. The van der Waals surface area contributed by atoms with E-state index in [0.717, 1.165) is 19.3 Å². The molecular formula is C16H31NaO4. The van der Waals surface area contributed by atoms with Crippen LogP contribution >= 0.6 is 0 Å². The molecule has 0 heterocycles. The van der Waals surface area contributed by atoms with E-state index >= 15 is 0 Å². The van der Waals surface area contributed by atoms with E-state index in [0.29, 0.717) is 6.42 Å². The number of unbranched alkanes of at least 4 members (excludes halogenated alkanes) is 7. The van der Waals surface area contributed by atoms with Gasteiger partial charge in [-0.25, -0.2) is 0 Å². The van der Waals surface area contributed by atoms with Crippen LogP contribution in [0, 0.1) is 11.3 Å². The molecule has 0 amide bonds. The predicted octanol–water partition coefficient (Wildman–Crippen LogP) is 3.68. The molecule has 0 aliphatic heterocycles. The van der Waals surface area contributed by atoms with Gasteiger partial charge in [-0.05, 0) is 12.3 Å². The summed E-state index contributed by atoms with van der Waals surface area (Å²) in [4.78, 5) is 22.7. The zero-order chi connectivity index (χ0) is 15.6. The number of aliphatic carboxylic acids is 2. The van der Waals surface area contributed by atoms with Crippen molar-refractivity contribution in [3.05, 3.63) is 0 Å². The van der Waals surface area contributed by atoms with E-state index in [1.807, 2.05) is 0 Å². The fourth-order valence-electron chi connectivity index (χ4n) is 2.63. The van der Waals surface area contributed by atoms with Crippen LogP contribution in [0.3, 0.4) is 0 Å². The molecular weight excluding hydrogens is 279 g/mol. The van der Waals surface area contributed by atoms with Crippen LogP contribution in [0.25, 0.3) is 0 Å². The third kappa shape index (κ3) is 7.66. The summed E-state index contributed by atoms with van der Waals surface area (Å²) in [5.41, 5.74) is -1.62. The standard InChI is InChI=1S/C16H30O4.Na.H/c1-4-5-6-7-8-9-10-11-12-16(13(2)3,14(17)18)15(19)20;;/h13H,4-12H2,1-3H3,(H,17,18)(H,19,20);;. The van der Waals surface area contributed by atoms with Crippen LogP contribution < -0.4 is 0 Å². The minimum atomic E-state index is -1.62. The molecule has 0 aromatic carbocycles. The Morgan fingerprint density at radius 2 is 1.24 bits per heavy atom. The monoisotopic (exact) mass is 310 g/mol. The molecule has 2 N–H and O–H groups in total. The van der Waals surface area contributed by atoms with E-state index in [1.54, 1.807) is 13.8 Å². The molecule has 0 fully saturated rings. The number of carbonyl (C=O) groups is 2. The Labute approximate surface area is 151 Å². The Morgan fingerprint density at radius 1 is 0.857 bits per heavy atom. The number of hydrogen-bond acceptors (Lipinski definition) is 2. The van der Waals surface area contributed by atoms with Crippen molar-refractivity contribution in [2.24, 2.45) is 11.3 Å². The van der Waals surface area contributed by atoms with Crippen LogP contribution in [-0.2, 0) is 9.59 Å². The summed E-state index contributed by atoms with van der Waals surface area (Å²) in [6.45, 7) is 5.53. The minimum absolute atomic E-state index is 0. The SMILES string of the molecule is CCCCCCCCCCC(C(=O)O)(C(=O)O)C(C)C.[NaH]. The van der Waals surface area contributed by atoms with Crippen molar-refractivity contribution in [2.75, 3.05) is 0 Å². The summed E-state index contributed by atoms with van der Waals surface area (Å²) in [6, 6.07) is 0. The first-order valence-corrected chi connectivity index (χ1v) is 7.86. The van der Waals surface area contributed by atoms with Crippen LogP contribution in [0.1, 0.15) is 78.6 Å². The Balaban J connectivity index is 0. The van der Waals surface area contributed by atoms with Gasteiger partial charge in [0.05, 0.1) is 0 Å². The van der Waals surface area contributed by atoms with Crippen molar-refractivity contribution in [1.29, 1.82) is 0 Å². The molecule has 0 aromatic heterocycles. The van der Waals surface area contributed by atoms with Gasteiger partial charge in [0.15, 0.2) is 5.41 Å². The van der Waals surface area contributed by atoms with E-state index in [9.17, 15) is 19.8 Å². The van der Waals surface area contributed by atoms with Crippen LogP contribution in [0.4, 0.5) is 0 Å². The summed E-state index contributed by atoms with van der Waals surface area (Å²) in [5, 5.41) is 18.6. The average Bonchev–Trinajstić information content (AvgIpc) is 2.35. The van der Waals surface area contributed by atoms with Gasteiger partial charge < -0.3 is 10.2 Å². The maximum atomic E-state index is 11.4. The molecule has 4 nitrogen and oxygen atoms in total. The Morgan fingerprint density at radius 3 is 1.57 bits per heavy atom. The number of hydrogen-bond donors (Lipinski definition) is 2. The second-order valence-corrected chi connectivity index (χ2v) is 5.96. The molecule has 0 aromatic rings. The van der Waals surface area contributed by atoms with E-state index < -0.39 is 23.3 Å². The quantitative estimate of drug-likeness (QED) is 0.327. The normalized spacial score (nSPS) is 11.2. The first kappa shape index (κ1) is 23.2. The van der Waals surface area contributed by atoms with Crippen LogP contribution in [0.15, 0.2) is 0 Å². The van der Waals surface area contributed by atoms with Crippen LogP contribution in [0.5, 0.6) is 0 Å². The van der Waals surface area contributed by atoms with Crippen molar-refractivity contribution in [1.82, 2.24) is 0 Å². The van der Waals surface area contributed by atoms with Crippen molar-refractivity contribution in [2.45, 2.75) is 78.6 Å². The van der Waals surface area contributed by atoms with E-state index in [1.165, 1.54) is 25.7 Å². The van der Waals surface area contributed by atoms with Gasteiger partial charge in [0.1, 0.15) is 0 Å². The average molecular weight is 310 g/mol. The zero-order valence-corrected chi connectivity index (χ0v) is 13.2. The molecule has 21 heavy (non-hydrogen) atoms. The van der Waals surface area contributed by atoms with Gasteiger partial charge >= 0.3 is 41.5 Å². The van der Waals surface area contributed by atoms with Crippen molar-refractivity contribution >= 4 is 41.5 Å². The molecule has 5 heteroatoms. The topological polar surface area (TPSA) is 74.6 Å². The van der Waals surface area contributed by atoms with E-state index in [-0.39, 0.29) is 36.0 Å². The predicted molar refractivity (Wildman–Crippen MR) is 86.9 cm³/mol. The fourth-order valence-corrected chi connectivity index (χ4v) is 2.63. The molecule has 0 rings (SSSR count). The third-order valence-electron chi connectivity index (χ3n) is 4.17. The summed E-state index contributed by atoms with van der Waals surface area (Å²) in [6.07, 6.45) is 9.03. The molecule has 0 saturated heterocycles. The fraction of sp³-hybridized carbons (Fsp3) is 0.875. The van der Waals surface area contributed by atoms with E-state index in [2.05, 4.69) is 6.92 Å². The molecule has 0 spiro atoms. The Kier molecular flexibility index (Phi) is 13.8. The van der Waals surface area contributed by atoms with Crippen LogP contribution in [-0.4, -0.2) is 51.7 Å². The molecule has 0 radical (unpaired) electrons. The van der Waals surface area contributed by atoms with Gasteiger partial charge in [0.25, 0.3) is 0 Å². The third-order valence-corrected chi connectivity index (χ3v) is 4.17. The van der Waals surface area contributed by atoms with Gasteiger partial charge in [-0.2, -0.15) is 0 Å². The molecule has 0 unspecified atom stereocenters. The molecule has 120 valence electrons. The van der Waals surface area contributed by atoms with Crippen LogP contribution in [0.2, 0.25) is 0 Å². The molecule has 0 saturated carbocycles. The molecule has 0 aliphatic rings. The molecule has 0 atom stereocenters. The number of carboxylic acids is 2. The summed E-state index contributed by atoms with van der Waals surface area (Å²) in [7, 11) is 0. The zero-order valence-electron chi connectivity index (χ0n) is 13.2. The van der Waals surface area contributed by atoms with Gasteiger partial charge in [-0.3, -0.25) is 9.59 Å².